The van der Waals surface area contributed by atoms with Gasteiger partial charge in [-0.05, 0) is 0 Å². The van der Waals surface area contributed by atoms with Crippen molar-refractivity contribution in [3.63, 3.8) is 0 Å². The molecule has 1 atom stereocenters. The molecular weight excluding hydrogens is 643 g/mol. The molecule has 103 valence electrons. The predicted molar refractivity (Wildman–Crippen MR) is 74.6 cm³/mol. The smallest absolute Gasteiger partial charge is 2.00 e. The molecule has 1 unspecified atom stereocenters. The van der Waals surface area contributed by atoms with Crippen LogP contribution in [-0.2, 0) is 4.74 Å². The fourth-order valence-corrected chi connectivity index (χ4v) is 3.71. The van der Waals surface area contributed by atoms with E-state index in [1.807, 2.05) is 0 Å². The first-order valence-corrected chi connectivity index (χ1v) is 8.94. The third kappa shape index (κ3) is 6.13. The van der Waals surface area contributed by atoms with Crippen LogP contribution < -0.4 is 0 Å². The molecule has 1 fully saturated rings. The van der Waals surface area contributed by atoms with Gasteiger partial charge in [0, 0.05) is 0 Å². The summed E-state index contributed by atoms with van der Waals surface area (Å²) in [5, 5.41) is 0. The third-order valence-electron chi connectivity index (χ3n) is 3.80. The molecular formula is C15H27OPoU. The van der Waals surface area contributed by atoms with E-state index in [-0.39, 0.29) is 41.9 Å². The Balaban J connectivity index is 0.00000289. The zero-order chi connectivity index (χ0) is 13.1. The molecule has 0 bridgehead atoms. The summed E-state index contributed by atoms with van der Waals surface area (Å²) in [6.07, 6.45) is 6.52. The van der Waals surface area contributed by atoms with E-state index in [1.165, 1.54) is 29.4 Å². The molecule has 1 saturated carbocycles. The summed E-state index contributed by atoms with van der Waals surface area (Å²) in [6.45, 7) is 13.9. The molecule has 1 rings (SSSR count). The number of ether oxygens (including phenoxy) is 1. The van der Waals surface area contributed by atoms with Gasteiger partial charge >= 0.3 is 155 Å². The van der Waals surface area contributed by atoms with Crippen molar-refractivity contribution in [2.24, 2.45) is 16.7 Å². The molecule has 0 heterocycles. The van der Waals surface area contributed by atoms with Crippen LogP contribution in [0.5, 0.6) is 0 Å². The van der Waals surface area contributed by atoms with Crippen LogP contribution in [-0.4, -0.2) is 31.7 Å². The molecule has 1 aliphatic rings. The Bertz CT molecular complexity index is 233. The summed E-state index contributed by atoms with van der Waals surface area (Å²) in [6, 6.07) is 0. The normalized spacial score (nSPS) is 24.7. The van der Waals surface area contributed by atoms with Crippen LogP contribution in [0.15, 0.2) is 0 Å². The molecule has 0 spiro atoms. The summed E-state index contributed by atoms with van der Waals surface area (Å²) in [4.78, 5) is 0. The molecule has 1 radical (unpaired) electrons. The molecule has 0 aliphatic heterocycles. The molecule has 0 aromatic carbocycles. The second-order valence-corrected chi connectivity index (χ2v) is 8.27. The van der Waals surface area contributed by atoms with Crippen molar-refractivity contribution in [2.45, 2.75) is 57.5 Å². The number of rotatable bonds is 5. The fraction of sp³-hybridized carbons (Fsp3) is 0.867. The zero-order valence-corrected chi connectivity index (χ0v) is 19.7. The quantitative estimate of drug-likeness (QED) is 0.399. The average Bonchev–Trinajstić information content (AvgIpc) is 2.18. The van der Waals surface area contributed by atoms with Crippen LogP contribution in [0.3, 0.4) is 0 Å². The molecule has 0 aromatic heterocycles. The van der Waals surface area contributed by atoms with Gasteiger partial charge in [0.1, 0.15) is 0 Å². The molecule has 1 nitrogen and oxygen atoms in total. The van der Waals surface area contributed by atoms with E-state index in [4.69, 9.17) is 4.74 Å². The van der Waals surface area contributed by atoms with E-state index in [0.717, 1.165) is 18.9 Å². The van der Waals surface area contributed by atoms with Crippen molar-refractivity contribution in [3.05, 3.63) is 13.0 Å². The summed E-state index contributed by atoms with van der Waals surface area (Å²) in [5.41, 5.74) is 0.282. The molecule has 0 saturated heterocycles. The molecule has 3 heteroatoms. The van der Waals surface area contributed by atoms with Crippen LogP contribution in [0.1, 0.15) is 53.4 Å². The monoisotopic (exact) mass is 670 g/mol. The Labute approximate surface area is 153 Å². The Morgan fingerprint density at radius 3 is 2.56 bits per heavy atom. The van der Waals surface area contributed by atoms with Crippen molar-refractivity contribution >= 4 is 25.1 Å². The Morgan fingerprint density at radius 1 is 1.44 bits per heavy atom. The summed E-state index contributed by atoms with van der Waals surface area (Å²) < 4.78 is 7.46. The van der Waals surface area contributed by atoms with Crippen molar-refractivity contribution in [3.8, 4) is 0 Å². The van der Waals surface area contributed by atoms with E-state index >= 15 is 0 Å². The van der Waals surface area contributed by atoms with Crippen molar-refractivity contribution < 1.29 is 35.9 Å². The van der Waals surface area contributed by atoms with Crippen LogP contribution in [0.25, 0.3) is 0 Å². The first-order valence-electron chi connectivity index (χ1n) is 6.70. The Kier molecular flexibility index (Phi) is 9.26. The molecule has 1 aliphatic carbocycles. The van der Waals surface area contributed by atoms with Crippen LogP contribution in [0.4, 0.5) is 0 Å². The second-order valence-electron chi connectivity index (χ2n) is 6.68. The first-order chi connectivity index (χ1) is 7.77. The Hall–Kier alpha value is 1.91. The van der Waals surface area contributed by atoms with Gasteiger partial charge in [-0.25, -0.2) is 0 Å². The second kappa shape index (κ2) is 8.37. The SMILES string of the molecule is [CH2-]C(C)(C)CO[C-]1CCCC(C[CH2][Po])C1(C)C.[U+2]. The number of hydrogen-bond acceptors (Lipinski definition) is 1. The van der Waals surface area contributed by atoms with Gasteiger partial charge in [-0.2, -0.15) is 0 Å². The average molecular weight is 670 g/mol. The van der Waals surface area contributed by atoms with E-state index in [9.17, 15) is 0 Å². The van der Waals surface area contributed by atoms with Gasteiger partial charge in [0.05, 0.1) is 0 Å². The van der Waals surface area contributed by atoms with Crippen LogP contribution >= 0.6 is 0 Å². The van der Waals surface area contributed by atoms with Gasteiger partial charge < -0.3 is 0 Å². The minimum absolute atomic E-state index is 0. The van der Waals surface area contributed by atoms with Crippen molar-refractivity contribution in [1.82, 2.24) is 0 Å². The Morgan fingerprint density at radius 2 is 2.06 bits per heavy atom. The maximum Gasteiger partial charge on any atom is 2.00 e. The minimum atomic E-state index is 0. The van der Waals surface area contributed by atoms with Gasteiger partial charge in [0.25, 0.3) is 0 Å². The predicted octanol–water partition coefficient (Wildman–Crippen LogP) is 4.20. The van der Waals surface area contributed by atoms with Gasteiger partial charge in [-0.3, -0.25) is 0 Å². The molecule has 0 N–H and O–H groups in total. The number of hydrogen-bond donors (Lipinski definition) is 0. The van der Waals surface area contributed by atoms with Gasteiger partial charge in [0.2, 0.25) is 0 Å². The summed E-state index contributed by atoms with van der Waals surface area (Å²) in [7, 11) is 0. The van der Waals surface area contributed by atoms with Crippen LogP contribution in [0, 0.1) is 60.9 Å². The third-order valence-corrected chi connectivity index (χ3v) is 4.72. The van der Waals surface area contributed by atoms with Crippen LogP contribution in [0.2, 0.25) is 4.08 Å². The van der Waals surface area contributed by atoms with Crippen molar-refractivity contribution in [2.75, 3.05) is 6.61 Å². The summed E-state index contributed by atoms with van der Waals surface area (Å²) in [5.74, 6) is 0.816. The van der Waals surface area contributed by atoms with Gasteiger partial charge in [-0.15, -0.1) is 0 Å². The topological polar surface area (TPSA) is 9.23 Å². The standard InChI is InChI=1S/C15H27O.Po.U/c1-7-12-9-8-10-13(15(12,5)6)16-11-14(2,3)4;;/h12H,1-2,7-11H2,3-6H3;;/q-2;;+2. The fourth-order valence-electron chi connectivity index (χ4n) is 2.61. The minimum Gasteiger partial charge on any atom is 2.00 e. The summed E-state index contributed by atoms with van der Waals surface area (Å²) >= 11 is 1.71. The van der Waals surface area contributed by atoms with Gasteiger partial charge in [-0.1, -0.05) is 0 Å². The maximum absolute atomic E-state index is 6.10. The van der Waals surface area contributed by atoms with Crippen molar-refractivity contribution in [1.29, 1.82) is 0 Å². The maximum atomic E-state index is 6.10. The first kappa shape index (κ1) is 19.9. The van der Waals surface area contributed by atoms with E-state index in [0.29, 0.717) is 0 Å². The molecule has 0 aromatic rings. The largest absolute Gasteiger partial charge is 2.00 e. The van der Waals surface area contributed by atoms with E-state index < -0.39 is 0 Å². The molecule has 18 heavy (non-hydrogen) atoms. The van der Waals surface area contributed by atoms with E-state index in [2.05, 4.69) is 34.6 Å². The zero-order valence-electron chi connectivity index (χ0n) is 12.3. The van der Waals surface area contributed by atoms with E-state index in [1.54, 1.807) is 25.1 Å². The van der Waals surface area contributed by atoms with Gasteiger partial charge in [0.15, 0.2) is 0 Å². The molecule has 0 amide bonds.